The fraction of sp³-hybridized carbons (Fsp3) is 0.111. The topological polar surface area (TPSA) is 101 Å². The summed E-state index contributed by atoms with van der Waals surface area (Å²) in [7, 11) is 1.57. The van der Waals surface area contributed by atoms with Crippen LogP contribution in [0, 0.1) is 11.3 Å². The van der Waals surface area contributed by atoms with Gasteiger partial charge in [-0.15, -0.1) is 10.2 Å². The Balaban J connectivity index is 1.61. The van der Waals surface area contributed by atoms with Gasteiger partial charge in [-0.3, -0.25) is 4.79 Å². The molecule has 0 aliphatic heterocycles. The largest absolute Gasteiger partial charge is 0.496 e. The third-order valence-corrected chi connectivity index (χ3v) is 4.16. The van der Waals surface area contributed by atoms with Gasteiger partial charge in [0.15, 0.2) is 0 Å². The molecule has 130 valence electrons. The van der Waals surface area contributed by atoms with Gasteiger partial charge in [0.05, 0.1) is 30.1 Å². The van der Waals surface area contributed by atoms with E-state index in [1.54, 1.807) is 37.4 Å². The van der Waals surface area contributed by atoms with Crippen molar-refractivity contribution < 1.29 is 13.9 Å². The van der Waals surface area contributed by atoms with Crippen molar-refractivity contribution in [3.63, 3.8) is 0 Å². The van der Waals surface area contributed by atoms with Crippen LogP contribution in [0.15, 0.2) is 58.2 Å². The molecule has 0 unspecified atom stereocenters. The maximum atomic E-state index is 12.0. The molecule has 7 nitrogen and oxygen atoms in total. The van der Waals surface area contributed by atoms with Crippen molar-refractivity contribution in [1.29, 1.82) is 5.26 Å². The number of nitriles is 1. The van der Waals surface area contributed by atoms with Gasteiger partial charge in [0, 0.05) is 5.69 Å². The molecule has 2 aromatic carbocycles. The van der Waals surface area contributed by atoms with Gasteiger partial charge < -0.3 is 14.5 Å². The summed E-state index contributed by atoms with van der Waals surface area (Å²) in [4.78, 5) is 12.0. The van der Waals surface area contributed by atoms with E-state index in [1.807, 2.05) is 24.3 Å². The second-order valence-corrected chi connectivity index (χ2v) is 6.03. The summed E-state index contributed by atoms with van der Waals surface area (Å²) < 4.78 is 10.9. The quantitative estimate of drug-likeness (QED) is 0.668. The van der Waals surface area contributed by atoms with E-state index in [0.717, 1.165) is 11.8 Å². The van der Waals surface area contributed by atoms with E-state index in [4.69, 9.17) is 14.4 Å². The van der Waals surface area contributed by atoms with E-state index in [0.29, 0.717) is 28.5 Å². The van der Waals surface area contributed by atoms with Crippen molar-refractivity contribution in [2.24, 2.45) is 0 Å². The Bertz CT molecular complexity index is 965. The van der Waals surface area contributed by atoms with Crippen molar-refractivity contribution in [3.8, 4) is 23.3 Å². The first-order chi connectivity index (χ1) is 12.7. The zero-order valence-corrected chi connectivity index (χ0v) is 14.6. The van der Waals surface area contributed by atoms with Crippen LogP contribution < -0.4 is 10.1 Å². The first-order valence-electron chi connectivity index (χ1n) is 7.59. The van der Waals surface area contributed by atoms with Crippen LogP contribution in [-0.2, 0) is 4.79 Å². The van der Waals surface area contributed by atoms with Gasteiger partial charge in [-0.05, 0) is 30.3 Å². The van der Waals surface area contributed by atoms with Gasteiger partial charge in [0.2, 0.25) is 5.91 Å². The normalized spacial score (nSPS) is 10.2. The minimum absolute atomic E-state index is 0.102. The van der Waals surface area contributed by atoms with Crippen molar-refractivity contribution in [2.75, 3.05) is 18.2 Å². The van der Waals surface area contributed by atoms with Crippen LogP contribution in [0.4, 0.5) is 5.69 Å². The van der Waals surface area contributed by atoms with Gasteiger partial charge in [-0.25, -0.2) is 0 Å². The molecule has 3 rings (SSSR count). The second-order valence-electron chi connectivity index (χ2n) is 5.10. The van der Waals surface area contributed by atoms with E-state index in [2.05, 4.69) is 15.5 Å². The number of anilines is 1. The minimum Gasteiger partial charge on any atom is -0.496 e. The number of carbonyl (C=O) groups excluding carboxylic acids is 1. The van der Waals surface area contributed by atoms with Crippen molar-refractivity contribution in [1.82, 2.24) is 10.2 Å². The Labute approximate surface area is 154 Å². The second kappa shape index (κ2) is 8.18. The third-order valence-electron chi connectivity index (χ3n) is 3.35. The van der Waals surface area contributed by atoms with Crippen LogP contribution in [-0.4, -0.2) is 29.0 Å². The van der Waals surface area contributed by atoms with Crippen molar-refractivity contribution in [3.05, 3.63) is 54.1 Å². The lowest BCUT2D eigenvalue weighted by Crippen LogP contribution is -2.14. The van der Waals surface area contributed by atoms with Crippen LogP contribution in [0.1, 0.15) is 5.56 Å². The molecule has 0 saturated heterocycles. The maximum Gasteiger partial charge on any atom is 0.277 e. The molecule has 0 atom stereocenters. The minimum atomic E-state index is -0.234. The molecular formula is C18H14N4O3S. The third kappa shape index (κ3) is 4.20. The molecule has 1 N–H and O–H groups in total. The lowest BCUT2D eigenvalue weighted by molar-refractivity contribution is -0.113. The highest BCUT2D eigenvalue weighted by Crippen LogP contribution is 2.30. The van der Waals surface area contributed by atoms with Crippen LogP contribution in [0.25, 0.3) is 11.5 Å². The van der Waals surface area contributed by atoms with Crippen molar-refractivity contribution in [2.45, 2.75) is 5.22 Å². The Morgan fingerprint density at radius 2 is 2.12 bits per heavy atom. The van der Waals surface area contributed by atoms with E-state index >= 15 is 0 Å². The Hall–Kier alpha value is -3.31. The molecule has 0 radical (unpaired) electrons. The molecule has 0 aliphatic rings. The summed E-state index contributed by atoms with van der Waals surface area (Å²) in [6.07, 6.45) is 0. The molecule has 0 aliphatic carbocycles. The number of aromatic nitrogens is 2. The van der Waals surface area contributed by atoms with Gasteiger partial charge in [0.25, 0.3) is 11.1 Å². The predicted molar refractivity (Wildman–Crippen MR) is 96.8 cm³/mol. The average Bonchev–Trinajstić information content (AvgIpc) is 3.15. The zero-order chi connectivity index (χ0) is 18.4. The molecule has 0 spiro atoms. The summed E-state index contributed by atoms with van der Waals surface area (Å²) in [6, 6.07) is 16.0. The highest BCUT2D eigenvalue weighted by atomic mass is 32.2. The molecule has 26 heavy (non-hydrogen) atoms. The fourth-order valence-corrected chi connectivity index (χ4v) is 2.75. The number of amides is 1. The molecule has 1 amide bonds. The molecule has 0 bridgehead atoms. The number of methoxy groups -OCH3 is 1. The zero-order valence-electron chi connectivity index (χ0n) is 13.8. The van der Waals surface area contributed by atoms with Crippen LogP contribution in [0.2, 0.25) is 0 Å². The molecule has 0 fully saturated rings. The average molecular weight is 366 g/mol. The molecule has 1 aromatic heterocycles. The maximum absolute atomic E-state index is 12.0. The summed E-state index contributed by atoms with van der Waals surface area (Å²) in [6.45, 7) is 0. The number of hydrogen-bond donors (Lipinski definition) is 1. The number of nitrogens with zero attached hydrogens (tertiary/aromatic N) is 3. The summed E-state index contributed by atoms with van der Waals surface area (Å²) >= 11 is 1.13. The number of benzene rings is 2. The van der Waals surface area contributed by atoms with Gasteiger partial charge in [-0.2, -0.15) is 5.26 Å². The number of thioether (sulfide) groups is 1. The monoisotopic (exact) mass is 366 g/mol. The number of ether oxygens (including phenoxy) is 1. The molecular weight excluding hydrogens is 352 g/mol. The van der Waals surface area contributed by atoms with Crippen LogP contribution in [0.5, 0.6) is 5.75 Å². The molecule has 3 aromatic rings. The first-order valence-corrected chi connectivity index (χ1v) is 8.58. The number of para-hydroxylation sites is 1. The Kier molecular flexibility index (Phi) is 5.51. The Morgan fingerprint density at radius 1 is 1.27 bits per heavy atom. The Morgan fingerprint density at radius 3 is 2.92 bits per heavy atom. The van der Waals surface area contributed by atoms with E-state index < -0.39 is 0 Å². The number of hydrogen-bond acceptors (Lipinski definition) is 7. The molecule has 0 saturated carbocycles. The van der Waals surface area contributed by atoms with Gasteiger partial charge in [0.1, 0.15) is 5.75 Å². The van der Waals surface area contributed by atoms with E-state index in [9.17, 15) is 4.79 Å². The smallest absolute Gasteiger partial charge is 0.277 e. The van der Waals surface area contributed by atoms with E-state index in [1.165, 1.54) is 0 Å². The number of carbonyl (C=O) groups is 1. The molecule has 1 heterocycles. The lowest BCUT2D eigenvalue weighted by Gasteiger charge is -2.04. The number of rotatable bonds is 6. The highest BCUT2D eigenvalue weighted by Gasteiger charge is 2.14. The van der Waals surface area contributed by atoms with Gasteiger partial charge in [-0.1, -0.05) is 30.0 Å². The SMILES string of the molecule is COc1ccccc1-c1nnc(SCC(=O)Nc2cccc(C#N)c2)o1. The summed E-state index contributed by atoms with van der Waals surface area (Å²) in [5.41, 5.74) is 1.73. The van der Waals surface area contributed by atoms with Crippen molar-refractivity contribution >= 4 is 23.4 Å². The lowest BCUT2D eigenvalue weighted by atomic mass is 10.2. The van der Waals surface area contributed by atoms with Crippen LogP contribution in [0.3, 0.4) is 0 Å². The molecule has 8 heteroatoms. The first kappa shape index (κ1) is 17.5. The summed E-state index contributed by atoms with van der Waals surface area (Å²) in [5, 5.41) is 19.8. The standard InChI is InChI=1S/C18H14N4O3S/c1-24-15-8-3-2-7-14(15)17-21-22-18(25-17)26-11-16(23)20-13-6-4-5-12(9-13)10-19/h2-9H,11H2,1H3,(H,20,23). The van der Waals surface area contributed by atoms with Gasteiger partial charge >= 0.3 is 0 Å². The summed E-state index contributed by atoms with van der Waals surface area (Å²) in [5.74, 6) is 0.821. The highest BCUT2D eigenvalue weighted by molar-refractivity contribution is 7.99. The number of nitrogens with one attached hydrogen (secondary N) is 1. The van der Waals surface area contributed by atoms with Crippen LogP contribution >= 0.6 is 11.8 Å². The van der Waals surface area contributed by atoms with E-state index in [-0.39, 0.29) is 16.9 Å². The predicted octanol–water partition coefficient (Wildman–Crippen LogP) is 3.35. The fourth-order valence-electron chi connectivity index (χ4n) is 2.19.